The number of nitro groups is 1. The fourth-order valence-corrected chi connectivity index (χ4v) is 3.55. The summed E-state index contributed by atoms with van der Waals surface area (Å²) in [6.07, 6.45) is 0. The van der Waals surface area contributed by atoms with Gasteiger partial charge in [-0.15, -0.1) is 0 Å². The molecule has 1 aliphatic heterocycles. The van der Waals surface area contributed by atoms with Crippen LogP contribution in [0.5, 0.6) is 0 Å². The zero-order valence-corrected chi connectivity index (χ0v) is 14.2. The molecule has 1 aliphatic rings. The minimum atomic E-state index is -1.01. The van der Waals surface area contributed by atoms with Crippen LogP contribution in [-0.4, -0.2) is 30.1 Å². The number of methoxy groups -OCH3 is 1. The van der Waals surface area contributed by atoms with Crippen LogP contribution in [0, 0.1) is 10.1 Å². The first-order valence-corrected chi connectivity index (χ1v) is 8.18. The van der Waals surface area contributed by atoms with Gasteiger partial charge in [0.15, 0.2) is 0 Å². The van der Waals surface area contributed by atoms with Crippen LogP contribution in [0.4, 0.5) is 0 Å². The summed E-state index contributed by atoms with van der Waals surface area (Å²) in [5.41, 5.74) is 1.43. The van der Waals surface area contributed by atoms with Crippen LogP contribution in [0.1, 0.15) is 23.1 Å². The number of rotatable bonds is 4. The average molecular weight is 361 g/mol. The Morgan fingerprint density at radius 3 is 2.32 bits per heavy atom. The summed E-state index contributed by atoms with van der Waals surface area (Å²) in [5, 5.41) is 15.5. The van der Waals surface area contributed by atoms with Crippen molar-refractivity contribution in [3.63, 3.8) is 0 Å². The first-order valence-electron chi connectivity index (χ1n) is 7.80. The van der Waals surface area contributed by atoms with E-state index in [2.05, 4.69) is 5.32 Å². The molecule has 0 spiro atoms. The van der Waals surface area contributed by atoms with Gasteiger partial charge >= 0.3 is 5.97 Å². The molecule has 0 aromatic heterocycles. The second-order valence-electron chi connectivity index (χ2n) is 5.91. The molecule has 7 heteroatoms. The van der Waals surface area contributed by atoms with E-state index in [1.54, 1.807) is 48.5 Å². The Kier molecular flexibility index (Phi) is 5.01. The maximum Gasteiger partial charge on any atom is 0.323 e. The van der Waals surface area contributed by atoms with Gasteiger partial charge < -0.3 is 4.74 Å². The predicted octanol–water partition coefficient (Wildman–Crippen LogP) is 2.96. The van der Waals surface area contributed by atoms with E-state index in [1.165, 1.54) is 7.11 Å². The highest BCUT2D eigenvalue weighted by molar-refractivity contribution is 6.30. The molecule has 3 rings (SSSR count). The van der Waals surface area contributed by atoms with Crippen molar-refractivity contribution < 1.29 is 14.5 Å². The van der Waals surface area contributed by atoms with Crippen LogP contribution in [0.2, 0.25) is 5.02 Å². The molecule has 4 atom stereocenters. The van der Waals surface area contributed by atoms with Crippen molar-refractivity contribution in [2.45, 2.75) is 24.0 Å². The summed E-state index contributed by atoms with van der Waals surface area (Å²) >= 11 is 5.92. The van der Waals surface area contributed by atoms with Crippen LogP contribution in [0.3, 0.4) is 0 Å². The number of carbonyl (C=O) groups excluding carboxylic acids is 1. The Bertz CT molecular complexity index is 766. The fourth-order valence-electron chi connectivity index (χ4n) is 3.42. The van der Waals surface area contributed by atoms with Crippen LogP contribution in [0.25, 0.3) is 0 Å². The van der Waals surface area contributed by atoms with Crippen LogP contribution >= 0.6 is 11.6 Å². The lowest BCUT2D eigenvalue weighted by Crippen LogP contribution is -2.37. The van der Waals surface area contributed by atoms with Gasteiger partial charge in [-0.05, 0) is 23.3 Å². The van der Waals surface area contributed by atoms with Crippen molar-refractivity contribution in [2.24, 2.45) is 0 Å². The van der Waals surface area contributed by atoms with Crippen molar-refractivity contribution in [1.29, 1.82) is 0 Å². The third kappa shape index (κ3) is 3.36. The Balaban J connectivity index is 2.07. The van der Waals surface area contributed by atoms with Gasteiger partial charge in [0.05, 0.1) is 13.0 Å². The van der Waals surface area contributed by atoms with E-state index in [4.69, 9.17) is 16.3 Å². The summed E-state index contributed by atoms with van der Waals surface area (Å²) in [6.45, 7) is 0. The van der Waals surface area contributed by atoms with Crippen molar-refractivity contribution in [3.8, 4) is 0 Å². The number of carbonyl (C=O) groups is 1. The Morgan fingerprint density at radius 2 is 1.76 bits per heavy atom. The molecule has 1 fully saturated rings. The molecular formula is C18H17ClN2O4. The number of ether oxygens (including phenoxy) is 1. The number of halogens is 1. The lowest BCUT2D eigenvalue weighted by atomic mass is 9.85. The lowest BCUT2D eigenvalue weighted by molar-refractivity contribution is -0.527. The van der Waals surface area contributed by atoms with Gasteiger partial charge in [-0.3, -0.25) is 20.2 Å². The highest BCUT2D eigenvalue weighted by Gasteiger charge is 2.54. The number of nitrogens with one attached hydrogen (secondary N) is 1. The molecule has 130 valence electrons. The minimum absolute atomic E-state index is 0.327. The Labute approximate surface area is 149 Å². The quantitative estimate of drug-likeness (QED) is 0.515. The molecule has 0 bridgehead atoms. The first-order chi connectivity index (χ1) is 12.0. The van der Waals surface area contributed by atoms with E-state index in [0.717, 1.165) is 5.56 Å². The monoisotopic (exact) mass is 360 g/mol. The Hall–Kier alpha value is -2.44. The normalized spacial score (nSPS) is 25.5. The SMILES string of the molecule is COC(=O)[C@@H]1N[C@H](c2ccc(Cl)cc2)[C@@H]([N+](=O)[O-])[C@@H]1c1ccccc1. The molecule has 25 heavy (non-hydrogen) atoms. The second-order valence-corrected chi connectivity index (χ2v) is 6.35. The van der Waals surface area contributed by atoms with E-state index in [-0.39, 0.29) is 4.92 Å². The maximum atomic E-state index is 12.3. The van der Waals surface area contributed by atoms with Crippen molar-refractivity contribution >= 4 is 17.6 Å². The molecular weight excluding hydrogens is 344 g/mol. The standard InChI is InChI=1S/C18H17ClN2O4/c1-25-18(22)16-14(11-5-3-2-4-6-11)17(21(23)24)15(20-16)12-7-9-13(19)10-8-12/h2-10,14-17,20H,1H3/t14-,15-,16-,17+/m1/s1. The maximum absolute atomic E-state index is 12.3. The smallest absolute Gasteiger partial charge is 0.323 e. The van der Waals surface area contributed by atoms with Crippen molar-refractivity contribution in [1.82, 2.24) is 5.32 Å². The van der Waals surface area contributed by atoms with Gasteiger partial charge in [-0.2, -0.15) is 0 Å². The number of nitrogens with zero attached hydrogens (tertiary/aromatic N) is 1. The number of esters is 1. The summed E-state index contributed by atoms with van der Waals surface area (Å²) in [6, 6.07) is 13.4. The molecule has 1 N–H and O–H groups in total. The zero-order chi connectivity index (χ0) is 18.0. The number of hydrogen-bond acceptors (Lipinski definition) is 5. The van der Waals surface area contributed by atoms with Gasteiger partial charge in [-0.1, -0.05) is 54.1 Å². The molecule has 2 aromatic rings. The molecule has 1 heterocycles. The summed E-state index contributed by atoms with van der Waals surface area (Å²) in [5.74, 6) is -1.15. The van der Waals surface area contributed by atoms with Crippen LogP contribution < -0.4 is 5.32 Å². The topological polar surface area (TPSA) is 81.5 Å². The Morgan fingerprint density at radius 1 is 1.12 bits per heavy atom. The average Bonchev–Trinajstić information content (AvgIpc) is 3.03. The first kappa shape index (κ1) is 17.4. The van der Waals surface area contributed by atoms with Crippen molar-refractivity contribution in [3.05, 3.63) is 80.9 Å². The summed E-state index contributed by atoms with van der Waals surface area (Å²) in [4.78, 5) is 23.8. The summed E-state index contributed by atoms with van der Waals surface area (Å²) in [7, 11) is 1.28. The van der Waals surface area contributed by atoms with E-state index >= 15 is 0 Å². The molecule has 0 radical (unpaired) electrons. The lowest BCUT2D eigenvalue weighted by Gasteiger charge is -2.19. The molecule has 1 saturated heterocycles. The van der Waals surface area contributed by atoms with Crippen molar-refractivity contribution in [2.75, 3.05) is 7.11 Å². The zero-order valence-electron chi connectivity index (χ0n) is 13.5. The molecule has 0 saturated carbocycles. The second kappa shape index (κ2) is 7.21. The van der Waals surface area contributed by atoms with E-state index < -0.39 is 30.0 Å². The number of hydrogen-bond donors (Lipinski definition) is 1. The molecule has 2 aromatic carbocycles. The van der Waals surface area contributed by atoms with Gasteiger partial charge in [-0.25, -0.2) is 0 Å². The summed E-state index contributed by atoms with van der Waals surface area (Å²) < 4.78 is 4.87. The van der Waals surface area contributed by atoms with Gasteiger partial charge in [0, 0.05) is 9.95 Å². The third-order valence-corrected chi connectivity index (χ3v) is 4.79. The van der Waals surface area contributed by atoms with Gasteiger partial charge in [0.1, 0.15) is 12.1 Å². The molecule has 0 unspecified atom stereocenters. The van der Waals surface area contributed by atoms with E-state index in [0.29, 0.717) is 10.6 Å². The highest BCUT2D eigenvalue weighted by atomic mass is 35.5. The fraction of sp³-hybridized carbons (Fsp3) is 0.278. The minimum Gasteiger partial charge on any atom is -0.468 e. The van der Waals surface area contributed by atoms with Gasteiger partial charge in [0.25, 0.3) is 0 Å². The predicted molar refractivity (Wildman–Crippen MR) is 93.1 cm³/mol. The molecule has 6 nitrogen and oxygen atoms in total. The van der Waals surface area contributed by atoms with Gasteiger partial charge in [0.2, 0.25) is 6.04 Å². The number of benzene rings is 2. The van der Waals surface area contributed by atoms with E-state index in [1.807, 2.05) is 6.07 Å². The third-order valence-electron chi connectivity index (χ3n) is 4.54. The molecule has 0 aliphatic carbocycles. The largest absolute Gasteiger partial charge is 0.468 e. The highest BCUT2D eigenvalue weighted by Crippen LogP contribution is 2.40. The van der Waals surface area contributed by atoms with Crippen LogP contribution in [0.15, 0.2) is 54.6 Å². The van der Waals surface area contributed by atoms with E-state index in [9.17, 15) is 14.9 Å². The molecule has 0 amide bonds. The van der Waals surface area contributed by atoms with Crippen LogP contribution in [-0.2, 0) is 9.53 Å².